The molecule has 0 spiro atoms. The smallest absolute Gasteiger partial charge is 0.298 e. The van der Waals surface area contributed by atoms with Crippen LogP contribution < -0.4 is 10.1 Å². The minimum absolute atomic E-state index is 0.185. The fraction of sp³-hybridized carbons (Fsp3) is 0.125. The number of carbonyl (C=O) groups is 1. The van der Waals surface area contributed by atoms with E-state index in [1.807, 2.05) is 0 Å². The van der Waals surface area contributed by atoms with Gasteiger partial charge in [0.05, 0.1) is 0 Å². The molecular formula is C8H8FNO2. The van der Waals surface area contributed by atoms with Crippen LogP contribution in [0.25, 0.3) is 0 Å². The van der Waals surface area contributed by atoms with Gasteiger partial charge in [0.15, 0.2) is 5.75 Å². The molecule has 0 aliphatic carbocycles. The summed E-state index contributed by atoms with van der Waals surface area (Å²) in [7, 11) is 1.55. The zero-order chi connectivity index (χ0) is 8.97. The zero-order valence-electron chi connectivity index (χ0n) is 6.50. The van der Waals surface area contributed by atoms with E-state index in [2.05, 4.69) is 10.1 Å². The number of nitrogens with one attached hydrogen (secondary N) is 1. The van der Waals surface area contributed by atoms with Crippen molar-refractivity contribution in [2.45, 2.75) is 0 Å². The second-order valence-electron chi connectivity index (χ2n) is 2.08. The average Bonchev–Trinajstić information content (AvgIpc) is 2.05. The van der Waals surface area contributed by atoms with Crippen molar-refractivity contribution in [1.29, 1.82) is 0 Å². The third kappa shape index (κ3) is 1.53. The largest absolute Gasteiger partial charge is 0.426 e. The third-order valence-corrected chi connectivity index (χ3v) is 1.40. The predicted molar refractivity (Wildman–Crippen MR) is 42.6 cm³/mol. The highest BCUT2D eigenvalue weighted by Crippen LogP contribution is 2.25. The second-order valence-corrected chi connectivity index (χ2v) is 2.08. The first kappa shape index (κ1) is 8.52. The van der Waals surface area contributed by atoms with E-state index in [0.717, 1.165) is 0 Å². The number of ether oxygens (including phenoxy) is 1. The van der Waals surface area contributed by atoms with Gasteiger partial charge in [-0.05, 0) is 12.1 Å². The van der Waals surface area contributed by atoms with Gasteiger partial charge in [0, 0.05) is 7.05 Å². The van der Waals surface area contributed by atoms with E-state index in [9.17, 15) is 9.18 Å². The van der Waals surface area contributed by atoms with Crippen LogP contribution >= 0.6 is 0 Å². The number of anilines is 1. The number of carbonyl (C=O) groups excluding carboxylic acids is 1. The number of hydrogen-bond acceptors (Lipinski definition) is 3. The first-order chi connectivity index (χ1) is 5.79. The molecule has 0 aliphatic rings. The Kier molecular flexibility index (Phi) is 2.63. The molecule has 0 fully saturated rings. The zero-order valence-corrected chi connectivity index (χ0v) is 6.50. The summed E-state index contributed by atoms with van der Waals surface area (Å²) in [5.41, 5.74) is 0.185. The quantitative estimate of drug-likeness (QED) is 0.695. The van der Waals surface area contributed by atoms with E-state index in [-0.39, 0.29) is 17.9 Å². The van der Waals surface area contributed by atoms with Crippen molar-refractivity contribution in [3.8, 4) is 5.75 Å². The molecule has 0 amide bonds. The molecule has 0 saturated carbocycles. The van der Waals surface area contributed by atoms with Gasteiger partial charge in [-0.25, -0.2) is 4.39 Å². The van der Waals surface area contributed by atoms with Crippen molar-refractivity contribution in [3.63, 3.8) is 0 Å². The van der Waals surface area contributed by atoms with Crippen LogP contribution in [0.1, 0.15) is 0 Å². The first-order valence-corrected chi connectivity index (χ1v) is 3.36. The Morgan fingerprint density at radius 2 is 2.33 bits per heavy atom. The van der Waals surface area contributed by atoms with Crippen LogP contribution in [-0.2, 0) is 4.79 Å². The summed E-state index contributed by atoms with van der Waals surface area (Å²) in [5.74, 6) is -0.260. The summed E-state index contributed by atoms with van der Waals surface area (Å²) in [6, 6.07) is 4.25. The molecule has 0 radical (unpaired) electrons. The molecule has 4 heteroatoms. The summed E-state index contributed by atoms with van der Waals surface area (Å²) in [4.78, 5) is 9.98. The maximum Gasteiger partial charge on any atom is 0.298 e. The number of para-hydroxylation sites is 1. The Morgan fingerprint density at radius 3 is 2.92 bits per heavy atom. The van der Waals surface area contributed by atoms with E-state index in [0.29, 0.717) is 0 Å². The lowest BCUT2D eigenvalue weighted by molar-refractivity contribution is -0.120. The number of rotatable bonds is 3. The van der Waals surface area contributed by atoms with Gasteiger partial charge in [-0.15, -0.1) is 0 Å². The van der Waals surface area contributed by atoms with Crippen molar-refractivity contribution in [3.05, 3.63) is 24.0 Å². The Hall–Kier alpha value is -1.58. The van der Waals surface area contributed by atoms with E-state index >= 15 is 0 Å². The highest BCUT2D eigenvalue weighted by atomic mass is 19.1. The lowest BCUT2D eigenvalue weighted by Gasteiger charge is -2.06. The fourth-order valence-electron chi connectivity index (χ4n) is 0.897. The maximum absolute atomic E-state index is 12.9. The summed E-state index contributed by atoms with van der Waals surface area (Å²) >= 11 is 0. The van der Waals surface area contributed by atoms with Gasteiger partial charge in [-0.3, -0.25) is 4.79 Å². The van der Waals surface area contributed by atoms with Gasteiger partial charge in [0.1, 0.15) is 11.5 Å². The topological polar surface area (TPSA) is 38.3 Å². The molecule has 0 bridgehead atoms. The Bertz CT molecular complexity index is 288. The molecule has 0 atom stereocenters. The molecule has 0 aliphatic heterocycles. The van der Waals surface area contributed by atoms with Gasteiger partial charge in [-0.2, -0.15) is 0 Å². The number of halogens is 1. The standard InChI is InChI=1S/C8H8FNO2/c1-10-8-6(9)3-2-4-7(8)12-5-11/h2-5,10H,1H3. The van der Waals surface area contributed by atoms with Crippen molar-refractivity contribution in [2.24, 2.45) is 0 Å². The molecule has 1 N–H and O–H groups in total. The molecular weight excluding hydrogens is 161 g/mol. The number of hydrogen-bond donors (Lipinski definition) is 1. The van der Waals surface area contributed by atoms with Crippen molar-refractivity contribution in [1.82, 2.24) is 0 Å². The number of benzene rings is 1. The SMILES string of the molecule is CNc1c(F)cccc1OC=O. The van der Waals surface area contributed by atoms with Crippen molar-refractivity contribution in [2.75, 3.05) is 12.4 Å². The van der Waals surface area contributed by atoms with E-state index in [1.54, 1.807) is 7.05 Å². The van der Waals surface area contributed by atoms with Crippen molar-refractivity contribution >= 4 is 12.2 Å². The fourth-order valence-corrected chi connectivity index (χ4v) is 0.897. The summed E-state index contributed by atoms with van der Waals surface area (Å²) < 4.78 is 17.4. The average molecular weight is 169 g/mol. The van der Waals surface area contributed by atoms with Gasteiger partial charge in [0.2, 0.25) is 0 Å². The van der Waals surface area contributed by atoms with Gasteiger partial charge in [-0.1, -0.05) is 6.07 Å². The molecule has 1 aromatic carbocycles. The summed E-state index contributed by atoms with van der Waals surface area (Å²) in [5, 5.41) is 2.59. The summed E-state index contributed by atoms with van der Waals surface area (Å²) in [6.07, 6.45) is 0. The van der Waals surface area contributed by atoms with Gasteiger partial charge in [0.25, 0.3) is 6.47 Å². The lowest BCUT2D eigenvalue weighted by Crippen LogP contribution is -1.98. The van der Waals surface area contributed by atoms with Crippen LogP contribution in [-0.4, -0.2) is 13.5 Å². The monoisotopic (exact) mass is 169 g/mol. The molecule has 0 aromatic heterocycles. The van der Waals surface area contributed by atoms with E-state index in [1.165, 1.54) is 18.2 Å². The molecule has 12 heavy (non-hydrogen) atoms. The molecule has 0 heterocycles. The van der Waals surface area contributed by atoms with Crippen LogP contribution in [0.4, 0.5) is 10.1 Å². The van der Waals surface area contributed by atoms with Crippen LogP contribution in [0.5, 0.6) is 5.75 Å². The Labute approximate surface area is 69.2 Å². The molecule has 64 valence electrons. The van der Waals surface area contributed by atoms with Gasteiger partial charge >= 0.3 is 0 Å². The highest BCUT2D eigenvalue weighted by molar-refractivity contribution is 5.61. The second kappa shape index (κ2) is 3.71. The van der Waals surface area contributed by atoms with Gasteiger partial charge < -0.3 is 10.1 Å². The maximum atomic E-state index is 12.9. The Morgan fingerprint density at radius 1 is 1.58 bits per heavy atom. The molecule has 1 rings (SSSR count). The normalized spacial score (nSPS) is 9.17. The first-order valence-electron chi connectivity index (χ1n) is 3.36. The minimum atomic E-state index is -0.447. The molecule has 0 saturated heterocycles. The predicted octanol–water partition coefficient (Wildman–Crippen LogP) is 1.40. The van der Waals surface area contributed by atoms with Crippen LogP contribution in [0.15, 0.2) is 18.2 Å². The lowest BCUT2D eigenvalue weighted by atomic mass is 10.3. The highest BCUT2D eigenvalue weighted by Gasteiger charge is 2.06. The molecule has 1 aromatic rings. The van der Waals surface area contributed by atoms with Crippen LogP contribution in [0.2, 0.25) is 0 Å². The molecule has 3 nitrogen and oxygen atoms in total. The van der Waals surface area contributed by atoms with Crippen LogP contribution in [0, 0.1) is 5.82 Å². The van der Waals surface area contributed by atoms with E-state index < -0.39 is 5.82 Å². The third-order valence-electron chi connectivity index (χ3n) is 1.40. The van der Waals surface area contributed by atoms with E-state index in [4.69, 9.17) is 0 Å². The molecule has 0 unspecified atom stereocenters. The van der Waals surface area contributed by atoms with Crippen LogP contribution in [0.3, 0.4) is 0 Å². The minimum Gasteiger partial charge on any atom is -0.426 e. The Balaban J connectivity index is 3.08. The van der Waals surface area contributed by atoms with Crippen molar-refractivity contribution < 1.29 is 13.9 Å². The summed E-state index contributed by atoms with van der Waals surface area (Å²) in [6.45, 7) is 0.260.